The van der Waals surface area contributed by atoms with E-state index in [1.807, 2.05) is 0 Å². The lowest BCUT2D eigenvalue weighted by Gasteiger charge is -2.26. The number of alkyl halides is 3. The molecular weight excluding hydrogens is 267 g/mol. The van der Waals surface area contributed by atoms with Crippen molar-refractivity contribution in [3.63, 3.8) is 0 Å². The third-order valence-electron chi connectivity index (χ3n) is 1.61. The molecule has 0 aliphatic heterocycles. The van der Waals surface area contributed by atoms with E-state index in [0.29, 0.717) is 30.7 Å². The number of hydrogen-bond donors (Lipinski definition) is 0. The van der Waals surface area contributed by atoms with Crippen LogP contribution in [0.2, 0.25) is 0 Å². The molecule has 1 atom stereocenters. The Morgan fingerprint density at radius 1 is 1.14 bits per heavy atom. The summed E-state index contributed by atoms with van der Waals surface area (Å²) in [5, 5.41) is 0. The average Bonchev–Trinajstić information content (AvgIpc) is 2.14. The van der Waals surface area contributed by atoms with Crippen molar-refractivity contribution in [2.45, 2.75) is 0 Å². The first kappa shape index (κ1) is 15.0. The topological polar surface area (TPSA) is 29.5 Å². The lowest BCUT2D eigenvalue weighted by atomic mass is 10.6. The van der Waals surface area contributed by atoms with Gasteiger partial charge in [0.05, 0.1) is 6.61 Å². The van der Waals surface area contributed by atoms with E-state index in [1.165, 1.54) is 0 Å². The maximum Gasteiger partial charge on any atom is 0.269 e. The first-order chi connectivity index (χ1) is 6.58. The fraction of sp³-hybridized carbons (Fsp3) is 1.00. The van der Waals surface area contributed by atoms with E-state index in [-0.39, 0.29) is 6.61 Å². The van der Waals surface area contributed by atoms with Crippen LogP contribution in [0.5, 0.6) is 0 Å². The minimum atomic E-state index is -2.77. The van der Waals surface area contributed by atoms with Gasteiger partial charge < -0.3 is 4.52 Å². The number of hydrogen-bond acceptors (Lipinski definition) is 2. The molecule has 0 aromatic rings. The summed E-state index contributed by atoms with van der Waals surface area (Å²) < 4.78 is 18.8. The zero-order valence-corrected chi connectivity index (χ0v) is 11.2. The standard InChI is InChI=1S/C7H15Cl3NO2P/c1-14(12,13-7-4-10)11(5-2-8)6-3-9/h2-7H2,1H3. The number of rotatable bonds is 8. The summed E-state index contributed by atoms with van der Waals surface area (Å²) in [6.45, 7) is 2.84. The third kappa shape index (κ3) is 5.79. The molecule has 3 nitrogen and oxygen atoms in total. The van der Waals surface area contributed by atoms with Gasteiger partial charge in [-0.2, -0.15) is 0 Å². The second-order valence-electron chi connectivity index (χ2n) is 2.66. The van der Waals surface area contributed by atoms with E-state index < -0.39 is 7.52 Å². The monoisotopic (exact) mass is 281 g/mol. The van der Waals surface area contributed by atoms with Gasteiger partial charge in [0.2, 0.25) is 0 Å². The van der Waals surface area contributed by atoms with Gasteiger partial charge in [0.25, 0.3) is 7.52 Å². The summed E-state index contributed by atoms with van der Waals surface area (Å²) in [7, 11) is -2.77. The highest BCUT2D eigenvalue weighted by molar-refractivity contribution is 7.55. The van der Waals surface area contributed by atoms with Crippen molar-refractivity contribution in [2.24, 2.45) is 0 Å². The molecule has 0 saturated carbocycles. The lowest BCUT2D eigenvalue weighted by molar-refractivity contribution is 0.285. The van der Waals surface area contributed by atoms with Crippen molar-refractivity contribution in [1.82, 2.24) is 4.67 Å². The van der Waals surface area contributed by atoms with E-state index in [4.69, 9.17) is 39.3 Å². The molecule has 7 heteroatoms. The van der Waals surface area contributed by atoms with Crippen LogP contribution in [0, 0.1) is 0 Å². The first-order valence-electron chi connectivity index (χ1n) is 4.24. The fourth-order valence-electron chi connectivity index (χ4n) is 0.956. The SMILES string of the molecule is CP(=O)(OCCCl)N(CCCl)CCCl. The molecule has 0 fully saturated rings. The molecule has 14 heavy (non-hydrogen) atoms. The van der Waals surface area contributed by atoms with Gasteiger partial charge in [0, 0.05) is 37.4 Å². The number of halogens is 3. The molecule has 0 radical (unpaired) electrons. The third-order valence-corrected chi connectivity index (χ3v) is 4.19. The van der Waals surface area contributed by atoms with Crippen LogP contribution in [0.25, 0.3) is 0 Å². The molecule has 0 amide bonds. The molecule has 0 aliphatic rings. The van der Waals surface area contributed by atoms with Crippen molar-refractivity contribution >= 4 is 42.3 Å². The Labute approximate surface area is 100 Å². The van der Waals surface area contributed by atoms with Crippen molar-refractivity contribution < 1.29 is 9.09 Å². The normalized spacial score (nSPS) is 15.8. The first-order valence-corrected chi connectivity index (χ1v) is 7.86. The van der Waals surface area contributed by atoms with Gasteiger partial charge >= 0.3 is 0 Å². The Balaban J connectivity index is 4.21. The van der Waals surface area contributed by atoms with Crippen LogP contribution >= 0.6 is 42.3 Å². The van der Waals surface area contributed by atoms with E-state index in [1.54, 1.807) is 11.3 Å². The van der Waals surface area contributed by atoms with Crippen molar-refractivity contribution in [3.8, 4) is 0 Å². The molecule has 0 spiro atoms. The maximum atomic E-state index is 12.0. The molecule has 0 saturated heterocycles. The average molecular weight is 283 g/mol. The second kappa shape index (κ2) is 8.20. The van der Waals surface area contributed by atoms with Crippen molar-refractivity contribution in [3.05, 3.63) is 0 Å². The molecule has 0 bridgehead atoms. The Morgan fingerprint density at radius 3 is 2.00 bits per heavy atom. The van der Waals surface area contributed by atoms with E-state index in [0.717, 1.165) is 0 Å². The van der Waals surface area contributed by atoms with E-state index in [2.05, 4.69) is 0 Å². The molecule has 0 N–H and O–H groups in total. The minimum absolute atomic E-state index is 0.274. The van der Waals surface area contributed by atoms with Crippen LogP contribution in [-0.2, 0) is 9.09 Å². The Hall–Kier alpha value is 1.02. The number of nitrogens with zero attached hydrogens (tertiary/aromatic N) is 1. The molecule has 0 aliphatic carbocycles. The highest BCUT2D eigenvalue weighted by Crippen LogP contribution is 2.46. The van der Waals surface area contributed by atoms with Gasteiger partial charge in [-0.3, -0.25) is 4.57 Å². The predicted octanol–water partition coefficient (Wildman–Crippen LogP) is 2.84. The summed E-state index contributed by atoms with van der Waals surface area (Å²) in [4.78, 5) is 0. The zero-order valence-electron chi connectivity index (χ0n) is 8.09. The maximum absolute atomic E-state index is 12.0. The van der Waals surface area contributed by atoms with Crippen molar-refractivity contribution in [1.29, 1.82) is 0 Å². The molecule has 1 unspecified atom stereocenters. The van der Waals surface area contributed by atoms with Gasteiger partial charge in [-0.05, 0) is 0 Å². The highest BCUT2D eigenvalue weighted by atomic mass is 35.5. The van der Waals surface area contributed by atoms with Gasteiger partial charge in [-0.15, -0.1) is 34.8 Å². The smallest absolute Gasteiger partial charge is 0.269 e. The quantitative estimate of drug-likeness (QED) is 0.506. The van der Waals surface area contributed by atoms with E-state index in [9.17, 15) is 4.57 Å². The van der Waals surface area contributed by atoms with Gasteiger partial charge in [0.15, 0.2) is 0 Å². The molecule has 0 aromatic carbocycles. The summed E-state index contributed by atoms with van der Waals surface area (Å²) in [5.74, 6) is 1.13. The van der Waals surface area contributed by atoms with Gasteiger partial charge in [-0.1, -0.05) is 0 Å². The summed E-state index contributed by atoms with van der Waals surface area (Å²) in [5.41, 5.74) is 0. The summed E-state index contributed by atoms with van der Waals surface area (Å²) >= 11 is 16.6. The zero-order chi connectivity index (χ0) is 11.0. The molecule has 0 rings (SSSR count). The van der Waals surface area contributed by atoms with Crippen LogP contribution in [0.15, 0.2) is 0 Å². The van der Waals surface area contributed by atoms with Gasteiger partial charge in [-0.25, -0.2) is 4.67 Å². The van der Waals surface area contributed by atoms with E-state index >= 15 is 0 Å². The fourth-order valence-corrected chi connectivity index (χ4v) is 3.30. The predicted molar refractivity (Wildman–Crippen MR) is 63.2 cm³/mol. The van der Waals surface area contributed by atoms with Crippen LogP contribution in [0.3, 0.4) is 0 Å². The van der Waals surface area contributed by atoms with Gasteiger partial charge in [0.1, 0.15) is 0 Å². The Kier molecular flexibility index (Phi) is 8.80. The van der Waals surface area contributed by atoms with Crippen LogP contribution < -0.4 is 0 Å². The Morgan fingerprint density at radius 2 is 1.64 bits per heavy atom. The molecule has 0 aromatic heterocycles. The molecule has 86 valence electrons. The molecule has 0 heterocycles. The summed E-state index contributed by atoms with van der Waals surface area (Å²) in [6.07, 6.45) is 0. The Bertz CT molecular complexity index is 188. The lowest BCUT2D eigenvalue weighted by Crippen LogP contribution is -2.26. The summed E-state index contributed by atoms with van der Waals surface area (Å²) in [6, 6.07) is 0. The minimum Gasteiger partial charge on any atom is -0.316 e. The van der Waals surface area contributed by atoms with Crippen LogP contribution in [0.1, 0.15) is 0 Å². The highest BCUT2D eigenvalue weighted by Gasteiger charge is 2.24. The second-order valence-corrected chi connectivity index (χ2v) is 6.22. The van der Waals surface area contributed by atoms with Crippen molar-refractivity contribution in [2.75, 3.05) is 44.0 Å². The van der Waals surface area contributed by atoms with Crippen LogP contribution in [-0.4, -0.2) is 48.7 Å². The largest absolute Gasteiger partial charge is 0.316 e. The van der Waals surface area contributed by atoms with Crippen LogP contribution in [0.4, 0.5) is 0 Å². The molecular formula is C7H15Cl3NO2P.